The summed E-state index contributed by atoms with van der Waals surface area (Å²) in [6.45, 7) is 0. The van der Waals surface area contributed by atoms with Crippen molar-refractivity contribution in [3.8, 4) is 10.8 Å². The van der Waals surface area contributed by atoms with Crippen LogP contribution in [0, 0.1) is 0 Å². The van der Waals surface area contributed by atoms with Crippen LogP contribution in [0.25, 0.3) is 10.8 Å². The number of rotatable bonds is 5. The molecule has 1 aromatic carbocycles. The van der Waals surface area contributed by atoms with Gasteiger partial charge in [-0.05, 0) is 29.8 Å². The maximum absolute atomic E-state index is 12.3. The van der Waals surface area contributed by atoms with Gasteiger partial charge in [-0.25, -0.2) is 13.4 Å². The monoisotopic (exact) mass is 353 g/mol. The highest BCUT2D eigenvalue weighted by atomic mass is 35.5. The number of hydrogen-bond acceptors (Lipinski definition) is 5. The number of halogens is 1. The predicted octanol–water partition coefficient (Wildman–Crippen LogP) is 4.17. The SMILES string of the molecule is O=S(=O)(Cc1cccc(Cl)c1)Cc1csc(-c2ccco2)n1. The second-order valence-electron chi connectivity index (χ2n) is 4.78. The zero-order valence-corrected chi connectivity index (χ0v) is 13.8. The van der Waals surface area contributed by atoms with E-state index in [9.17, 15) is 8.42 Å². The van der Waals surface area contributed by atoms with Gasteiger partial charge >= 0.3 is 0 Å². The van der Waals surface area contributed by atoms with Crippen LogP contribution in [0.4, 0.5) is 0 Å². The molecule has 22 heavy (non-hydrogen) atoms. The van der Waals surface area contributed by atoms with E-state index in [0.717, 1.165) is 0 Å². The van der Waals surface area contributed by atoms with Gasteiger partial charge in [0.25, 0.3) is 0 Å². The Hall–Kier alpha value is -1.63. The first-order chi connectivity index (χ1) is 10.5. The molecular formula is C15H12ClNO3S2. The third-order valence-corrected chi connectivity index (χ3v) is 5.58. The lowest BCUT2D eigenvalue weighted by Crippen LogP contribution is -2.07. The van der Waals surface area contributed by atoms with E-state index in [2.05, 4.69) is 4.98 Å². The highest BCUT2D eigenvalue weighted by molar-refractivity contribution is 7.89. The van der Waals surface area contributed by atoms with Crippen molar-refractivity contribution in [2.75, 3.05) is 0 Å². The van der Waals surface area contributed by atoms with E-state index >= 15 is 0 Å². The number of benzene rings is 1. The third kappa shape index (κ3) is 3.76. The molecule has 0 atom stereocenters. The first-order valence-electron chi connectivity index (χ1n) is 6.45. The molecule has 0 aliphatic rings. The number of nitrogens with zero attached hydrogens (tertiary/aromatic N) is 1. The molecule has 0 amide bonds. The van der Waals surface area contributed by atoms with E-state index in [4.69, 9.17) is 16.0 Å². The van der Waals surface area contributed by atoms with Gasteiger partial charge in [0, 0.05) is 10.4 Å². The van der Waals surface area contributed by atoms with Crippen LogP contribution in [0.1, 0.15) is 11.3 Å². The van der Waals surface area contributed by atoms with Gasteiger partial charge in [0.15, 0.2) is 20.6 Å². The summed E-state index contributed by atoms with van der Waals surface area (Å²) < 4.78 is 29.8. The summed E-state index contributed by atoms with van der Waals surface area (Å²) in [7, 11) is -3.31. The summed E-state index contributed by atoms with van der Waals surface area (Å²) in [6, 6.07) is 10.4. The number of sulfone groups is 1. The molecule has 4 nitrogen and oxygen atoms in total. The van der Waals surface area contributed by atoms with Crippen LogP contribution in [0.3, 0.4) is 0 Å². The van der Waals surface area contributed by atoms with E-state index in [1.165, 1.54) is 11.3 Å². The molecule has 7 heteroatoms. The van der Waals surface area contributed by atoms with E-state index in [1.54, 1.807) is 48.0 Å². The molecule has 3 aromatic rings. The number of thiazole rings is 1. The van der Waals surface area contributed by atoms with Gasteiger partial charge in [-0.2, -0.15) is 0 Å². The van der Waals surface area contributed by atoms with Crippen LogP contribution < -0.4 is 0 Å². The smallest absolute Gasteiger partial charge is 0.162 e. The van der Waals surface area contributed by atoms with Gasteiger partial charge in [-0.3, -0.25) is 0 Å². The lowest BCUT2D eigenvalue weighted by molar-refractivity contribution is 0.581. The van der Waals surface area contributed by atoms with Crippen molar-refractivity contribution in [3.63, 3.8) is 0 Å². The fourth-order valence-corrected chi connectivity index (χ4v) is 4.54. The minimum atomic E-state index is -3.31. The molecule has 114 valence electrons. The minimum Gasteiger partial charge on any atom is -0.462 e. The summed E-state index contributed by atoms with van der Waals surface area (Å²) in [5.41, 5.74) is 1.20. The second kappa shape index (κ2) is 6.24. The molecule has 0 saturated carbocycles. The molecule has 0 unspecified atom stereocenters. The number of aromatic nitrogens is 1. The van der Waals surface area contributed by atoms with Crippen LogP contribution >= 0.6 is 22.9 Å². The van der Waals surface area contributed by atoms with Crippen molar-refractivity contribution in [3.05, 3.63) is 64.3 Å². The van der Waals surface area contributed by atoms with Gasteiger partial charge < -0.3 is 4.42 Å². The van der Waals surface area contributed by atoms with Gasteiger partial charge in [0.2, 0.25) is 0 Å². The molecular weight excluding hydrogens is 342 g/mol. The van der Waals surface area contributed by atoms with E-state index in [-0.39, 0.29) is 11.5 Å². The quantitative estimate of drug-likeness (QED) is 0.690. The minimum absolute atomic E-state index is 0.0544. The second-order valence-corrected chi connectivity index (χ2v) is 8.14. The van der Waals surface area contributed by atoms with Crippen molar-refractivity contribution < 1.29 is 12.8 Å². The Balaban J connectivity index is 1.74. The molecule has 0 bridgehead atoms. The van der Waals surface area contributed by atoms with Gasteiger partial charge in [-0.1, -0.05) is 23.7 Å². The summed E-state index contributed by atoms with van der Waals surface area (Å²) in [4.78, 5) is 4.32. The van der Waals surface area contributed by atoms with Gasteiger partial charge in [-0.15, -0.1) is 11.3 Å². The normalized spacial score (nSPS) is 11.7. The Kier molecular flexibility index (Phi) is 4.33. The van der Waals surface area contributed by atoms with Gasteiger partial charge in [0.05, 0.1) is 23.5 Å². The fourth-order valence-electron chi connectivity index (χ4n) is 2.04. The average Bonchev–Trinajstić information content (AvgIpc) is 3.07. The Morgan fingerprint density at radius 3 is 2.77 bits per heavy atom. The molecule has 0 spiro atoms. The molecule has 0 N–H and O–H groups in total. The average molecular weight is 354 g/mol. The lowest BCUT2D eigenvalue weighted by atomic mass is 10.2. The molecule has 0 radical (unpaired) electrons. The fraction of sp³-hybridized carbons (Fsp3) is 0.133. The zero-order chi connectivity index (χ0) is 15.6. The number of furan rings is 1. The standard InChI is InChI=1S/C15H12ClNO3S2/c16-12-4-1-3-11(7-12)9-22(18,19)10-13-8-21-15(17-13)14-5-2-6-20-14/h1-8H,9-10H2. The van der Waals surface area contributed by atoms with E-state index in [0.29, 0.717) is 27.0 Å². The van der Waals surface area contributed by atoms with Crippen LogP contribution in [0.15, 0.2) is 52.5 Å². The summed E-state index contributed by atoms with van der Waals surface area (Å²) in [5, 5.41) is 2.95. The third-order valence-electron chi connectivity index (χ3n) is 2.93. The lowest BCUT2D eigenvalue weighted by Gasteiger charge is -2.03. The Labute approximate surface area is 137 Å². The molecule has 2 heterocycles. The van der Waals surface area contributed by atoms with Crippen molar-refractivity contribution in [1.82, 2.24) is 4.98 Å². The maximum atomic E-state index is 12.3. The maximum Gasteiger partial charge on any atom is 0.162 e. The molecule has 2 aromatic heterocycles. The topological polar surface area (TPSA) is 60.2 Å². The van der Waals surface area contributed by atoms with Gasteiger partial charge in [0.1, 0.15) is 0 Å². The molecule has 0 fully saturated rings. The summed E-state index contributed by atoms with van der Waals surface area (Å²) in [6.07, 6.45) is 1.56. The van der Waals surface area contributed by atoms with Crippen molar-refractivity contribution in [1.29, 1.82) is 0 Å². The van der Waals surface area contributed by atoms with Crippen molar-refractivity contribution in [2.45, 2.75) is 11.5 Å². The first-order valence-corrected chi connectivity index (χ1v) is 9.53. The first kappa shape index (κ1) is 15.3. The summed E-state index contributed by atoms with van der Waals surface area (Å²) in [5.74, 6) is 0.487. The van der Waals surface area contributed by atoms with Crippen LogP contribution in [-0.4, -0.2) is 13.4 Å². The predicted molar refractivity (Wildman–Crippen MR) is 87.6 cm³/mol. The zero-order valence-electron chi connectivity index (χ0n) is 11.4. The summed E-state index contributed by atoms with van der Waals surface area (Å²) >= 11 is 7.24. The largest absolute Gasteiger partial charge is 0.462 e. The molecule has 0 aliphatic heterocycles. The molecule has 0 saturated heterocycles. The van der Waals surface area contributed by atoms with Crippen LogP contribution in [-0.2, 0) is 21.3 Å². The van der Waals surface area contributed by atoms with E-state index in [1.807, 2.05) is 0 Å². The van der Waals surface area contributed by atoms with E-state index < -0.39 is 9.84 Å². The Morgan fingerprint density at radius 2 is 2.05 bits per heavy atom. The molecule has 0 aliphatic carbocycles. The highest BCUT2D eigenvalue weighted by Crippen LogP contribution is 2.25. The van der Waals surface area contributed by atoms with Crippen LogP contribution in [0.5, 0.6) is 0 Å². The Morgan fingerprint density at radius 1 is 1.18 bits per heavy atom. The van der Waals surface area contributed by atoms with Crippen LogP contribution in [0.2, 0.25) is 5.02 Å². The van der Waals surface area contributed by atoms with Crippen molar-refractivity contribution in [2.24, 2.45) is 0 Å². The highest BCUT2D eigenvalue weighted by Gasteiger charge is 2.16. The Bertz CT molecular complexity index is 870. The van der Waals surface area contributed by atoms with Crippen molar-refractivity contribution >= 4 is 32.8 Å². The molecule has 3 rings (SSSR count). The number of hydrogen-bond donors (Lipinski definition) is 0.